The van der Waals surface area contributed by atoms with E-state index in [4.69, 9.17) is 19.2 Å². The van der Waals surface area contributed by atoms with Crippen molar-refractivity contribution in [2.24, 2.45) is 0 Å². The van der Waals surface area contributed by atoms with Crippen LogP contribution in [0.25, 0.3) is 21.6 Å². The van der Waals surface area contributed by atoms with Crippen LogP contribution in [0.2, 0.25) is 0 Å². The zero-order valence-corrected chi connectivity index (χ0v) is 25.7. The molecule has 11 heteroatoms. The molecule has 4 heterocycles. The van der Waals surface area contributed by atoms with Crippen molar-refractivity contribution in [3.63, 3.8) is 0 Å². The van der Waals surface area contributed by atoms with Gasteiger partial charge < -0.3 is 19.3 Å². The van der Waals surface area contributed by atoms with Gasteiger partial charge in [-0.05, 0) is 68.3 Å². The molecule has 1 aliphatic heterocycles. The summed E-state index contributed by atoms with van der Waals surface area (Å²) in [5, 5.41) is 12.2. The van der Waals surface area contributed by atoms with Gasteiger partial charge in [0, 0.05) is 6.20 Å². The first-order valence-corrected chi connectivity index (χ1v) is 15.3. The zero-order valence-electron chi connectivity index (χ0n) is 24.9. The fraction of sp³-hybridized carbons (Fsp3) is 0.273. The topological polar surface area (TPSA) is 115 Å². The molecule has 10 nitrogen and oxygen atoms in total. The molecule has 0 aliphatic carbocycles. The first kappa shape index (κ1) is 29.2. The molecule has 1 fully saturated rings. The van der Waals surface area contributed by atoms with E-state index in [1.807, 2.05) is 31.2 Å². The molecule has 1 N–H and O–H groups in total. The van der Waals surface area contributed by atoms with E-state index in [-0.39, 0.29) is 11.3 Å². The lowest BCUT2D eigenvalue weighted by atomic mass is 9.96. The summed E-state index contributed by atoms with van der Waals surface area (Å²) in [4.78, 5) is 38.4. The van der Waals surface area contributed by atoms with Crippen LogP contribution < -0.4 is 19.1 Å². The quantitative estimate of drug-likeness (QED) is 0.0827. The molecule has 44 heavy (non-hydrogen) atoms. The van der Waals surface area contributed by atoms with Crippen LogP contribution in [0.5, 0.6) is 17.2 Å². The van der Waals surface area contributed by atoms with Gasteiger partial charge in [0.2, 0.25) is 0 Å². The molecular weight excluding hydrogens is 580 g/mol. The summed E-state index contributed by atoms with van der Waals surface area (Å²) in [7, 11) is 1.54. The van der Waals surface area contributed by atoms with Gasteiger partial charge in [0.05, 0.1) is 47.8 Å². The lowest BCUT2D eigenvalue weighted by Crippen LogP contribution is -2.29. The smallest absolute Gasteiger partial charge is 0.301 e. The van der Waals surface area contributed by atoms with E-state index in [0.29, 0.717) is 63.7 Å². The number of anilines is 1. The van der Waals surface area contributed by atoms with Crippen LogP contribution in [0.1, 0.15) is 49.7 Å². The number of fused-ring (bicyclic) bond motifs is 2. The number of rotatable bonds is 10. The van der Waals surface area contributed by atoms with E-state index in [9.17, 15) is 14.7 Å². The van der Waals surface area contributed by atoms with Crippen molar-refractivity contribution in [2.45, 2.75) is 39.7 Å². The summed E-state index contributed by atoms with van der Waals surface area (Å²) in [5.74, 6) is -0.276. The Morgan fingerprint density at radius 3 is 2.64 bits per heavy atom. The van der Waals surface area contributed by atoms with E-state index in [1.54, 1.807) is 47.9 Å². The second kappa shape index (κ2) is 12.0. The van der Waals surface area contributed by atoms with Crippen LogP contribution in [0.15, 0.2) is 66.4 Å². The minimum absolute atomic E-state index is 0.0697. The van der Waals surface area contributed by atoms with Gasteiger partial charge in [-0.3, -0.25) is 18.9 Å². The molecule has 0 radical (unpaired) electrons. The Hall–Kier alpha value is -4.90. The van der Waals surface area contributed by atoms with Crippen LogP contribution in [-0.2, 0) is 9.59 Å². The van der Waals surface area contributed by atoms with E-state index >= 15 is 0 Å². The van der Waals surface area contributed by atoms with E-state index in [2.05, 4.69) is 11.9 Å². The number of benzene rings is 2. The number of ketones is 1. The third kappa shape index (κ3) is 5.02. The highest BCUT2D eigenvalue weighted by Gasteiger charge is 2.49. The summed E-state index contributed by atoms with van der Waals surface area (Å²) in [6.07, 6.45) is 3.61. The average Bonchev–Trinajstić information content (AvgIpc) is 3.67. The van der Waals surface area contributed by atoms with E-state index in [1.165, 1.54) is 23.3 Å². The van der Waals surface area contributed by atoms with Crippen LogP contribution in [0.3, 0.4) is 0 Å². The van der Waals surface area contributed by atoms with Gasteiger partial charge in [-0.2, -0.15) is 0 Å². The van der Waals surface area contributed by atoms with Gasteiger partial charge in [-0.15, -0.1) is 0 Å². The second-order valence-corrected chi connectivity index (χ2v) is 11.3. The Morgan fingerprint density at radius 2 is 1.86 bits per heavy atom. The van der Waals surface area contributed by atoms with Crippen molar-refractivity contribution in [3.8, 4) is 17.2 Å². The van der Waals surface area contributed by atoms with Crippen LogP contribution >= 0.6 is 11.3 Å². The summed E-state index contributed by atoms with van der Waals surface area (Å²) in [6.45, 7) is 6.77. The maximum absolute atomic E-state index is 13.9. The molecule has 226 valence electrons. The number of carbonyl (C=O) groups excluding carboxylic acids is 2. The summed E-state index contributed by atoms with van der Waals surface area (Å²) < 4.78 is 19.8. The van der Waals surface area contributed by atoms with Crippen molar-refractivity contribution >= 4 is 49.8 Å². The fourth-order valence-corrected chi connectivity index (χ4v) is 6.44. The number of unbranched alkanes of at least 4 members (excludes halogenated alkanes) is 1. The molecule has 0 bridgehead atoms. The molecule has 1 unspecified atom stereocenters. The van der Waals surface area contributed by atoms with E-state index < -0.39 is 17.7 Å². The normalized spacial score (nSPS) is 16.3. The van der Waals surface area contributed by atoms with E-state index in [0.717, 1.165) is 17.5 Å². The number of carbonyl (C=O) groups is 2. The lowest BCUT2D eigenvalue weighted by molar-refractivity contribution is -0.132. The minimum atomic E-state index is -1.01. The van der Waals surface area contributed by atoms with Gasteiger partial charge in [-0.25, -0.2) is 9.97 Å². The highest BCUT2D eigenvalue weighted by molar-refractivity contribution is 7.22. The number of pyridine rings is 1. The molecule has 6 rings (SSSR count). The van der Waals surface area contributed by atoms with Gasteiger partial charge in [0.15, 0.2) is 22.4 Å². The summed E-state index contributed by atoms with van der Waals surface area (Å²) in [5.41, 5.74) is 2.58. The molecule has 0 spiro atoms. The van der Waals surface area contributed by atoms with Crippen molar-refractivity contribution in [3.05, 3.63) is 83.3 Å². The van der Waals surface area contributed by atoms with Crippen molar-refractivity contribution in [2.75, 3.05) is 25.2 Å². The number of aliphatic hydroxyl groups excluding tert-OH is 1. The maximum Gasteiger partial charge on any atom is 0.301 e. The highest BCUT2D eigenvalue weighted by Crippen LogP contribution is 2.46. The van der Waals surface area contributed by atoms with Gasteiger partial charge in [-0.1, -0.05) is 36.8 Å². The number of hydrogen-bond acceptors (Lipinski definition) is 9. The number of thiazole rings is 1. The molecule has 1 saturated heterocycles. The largest absolute Gasteiger partial charge is 0.505 e. The van der Waals surface area contributed by atoms with Crippen LogP contribution in [-0.4, -0.2) is 51.5 Å². The number of amides is 1. The van der Waals surface area contributed by atoms with Gasteiger partial charge >= 0.3 is 5.91 Å². The molecule has 1 aliphatic rings. The lowest BCUT2D eigenvalue weighted by Gasteiger charge is -2.24. The molecule has 2 aromatic carbocycles. The molecule has 1 amide bonds. The summed E-state index contributed by atoms with van der Waals surface area (Å²) >= 11 is 1.27. The first-order chi connectivity index (χ1) is 21.4. The first-order valence-electron chi connectivity index (χ1n) is 14.4. The Labute approximate surface area is 258 Å². The predicted molar refractivity (Wildman–Crippen MR) is 169 cm³/mol. The Morgan fingerprint density at radius 1 is 1.02 bits per heavy atom. The molecule has 3 aromatic heterocycles. The molecule has 5 aromatic rings. The Bertz CT molecular complexity index is 1930. The SMILES string of the molecule is CCCCOc1ccc(C2/C(=C(\O)c3c(C)nc4ccccn34)C(=O)C(=O)N2c2nc3ccc(OCC)cc3s2)cc1OC. The number of Topliss-reactive ketones (excluding diaryl/α,β-unsaturated/α-hetero) is 1. The number of nitrogens with zero attached hydrogens (tertiary/aromatic N) is 4. The van der Waals surface area contributed by atoms with Crippen LogP contribution in [0.4, 0.5) is 5.13 Å². The highest BCUT2D eigenvalue weighted by atomic mass is 32.1. The van der Waals surface area contributed by atoms with Crippen molar-refractivity contribution in [1.82, 2.24) is 14.4 Å². The number of aliphatic hydroxyl groups is 1. The summed E-state index contributed by atoms with van der Waals surface area (Å²) in [6, 6.07) is 15.2. The third-order valence-electron chi connectivity index (χ3n) is 7.50. The second-order valence-electron chi connectivity index (χ2n) is 10.3. The van der Waals surface area contributed by atoms with Crippen molar-refractivity contribution < 1.29 is 28.9 Å². The van der Waals surface area contributed by atoms with Crippen LogP contribution in [0, 0.1) is 6.92 Å². The molecule has 0 saturated carbocycles. The average molecular weight is 613 g/mol. The molecule has 1 atom stereocenters. The number of methoxy groups -OCH3 is 1. The number of imidazole rings is 1. The standard InChI is InChI=1S/C33H32N4O6S/c1-5-7-16-43-23-14-11-20(17-24(23)41-4)29-27(30(38)28-19(3)34-26-10-8-9-15-36(26)28)31(39)32(40)37(29)33-35-22-13-12-21(42-6-2)18-25(22)44-33/h8-15,17-18,29,38H,5-7,16H2,1-4H3/b30-27+. The predicted octanol–water partition coefficient (Wildman–Crippen LogP) is 6.46. The Kier molecular flexibility index (Phi) is 7.96. The monoisotopic (exact) mass is 612 g/mol. The number of aromatic nitrogens is 3. The third-order valence-corrected chi connectivity index (χ3v) is 8.51. The molecular formula is C33H32N4O6S. The van der Waals surface area contributed by atoms with Gasteiger partial charge in [0.25, 0.3) is 5.78 Å². The maximum atomic E-state index is 13.9. The fourth-order valence-electron chi connectivity index (χ4n) is 5.42. The zero-order chi connectivity index (χ0) is 31.0. The minimum Gasteiger partial charge on any atom is -0.505 e. The number of aryl methyl sites for hydroxylation is 1. The van der Waals surface area contributed by atoms with Gasteiger partial charge in [0.1, 0.15) is 17.1 Å². The Balaban J connectivity index is 1.55. The number of ether oxygens (including phenoxy) is 3. The number of hydrogen-bond donors (Lipinski definition) is 1. The van der Waals surface area contributed by atoms with Crippen molar-refractivity contribution in [1.29, 1.82) is 0 Å².